The van der Waals surface area contributed by atoms with Gasteiger partial charge in [0.1, 0.15) is 0 Å². The van der Waals surface area contributed by atoms with Crippen LogP contribution < -0.4 is 5.73 Å². The van der Waals surface area contributed by atoms with Crippen LogP contribution in [0.3, 0.4) is 0 Å². The van der Waals surface area contributed by atoms with Gasteiger partial charge in [0, 0.05) is 6.04 Å². The monoisotopic (exact) mass is 197 g/mol. The van der Waals surface area contributed by atoms with Gasteiger partial charge >= 0.3 is 0 Å². The van der Waals surface area contributed by atoms with Crippen molar-refractivity contribution in [1.82, 2.24) is 0 Å². The molecule has 1 aliphatic carbocycles. The van der Waals surface area contributed by atoms with Crippen LogP contribution in [-0.4, -0.2) is 6.04 Å². The van der Waals surface area contributed by atoms with Crippen molar-refractivity contribution in [2.75, 3.05) is 0 Å². The summed E-state index contributed by atoms with van der Waals surface area (Å²) in [6.07, 6.45) is 7.98. The van der Waals surface area contributed by atoms with Gasteiger partial charge < -0.3 is 5.73 Å². The zero-order chi connectivity index (χ0) is 10.6. The average molecular weight is 197 g/mol. The van der Waals surface area contributed by atoms with Crippen molar-refractivity contribution in [2.24, 2.45) is 23.5 Å². The maximum Gasteiger partial charge on any atom is 0.00673 e. The van der Waals surface area contributed by atoms with Gasteiger partial charge in [0.25, 0.3) is 0 Å². The SMILES string of the molecule is CCCCC(N)C1CC(C)CC(C)C1. The van der Waals surface area contributed by atoms with Gasteiger partial charge in [-0.2, -0.15) is 0 Å². The lowest BCUT2D eigenvalue weighted by molar-refractivity contribution is 0.187. The van der Waals surface area contributed by atoms with Crippen LogP contribution >= 0.6 is 0 Å². The molecule has 1 saturated carbocycles. The van der Waals surface area contributed by atoms with Crippen molar-refractivity contribution in [3.05, 3.63) is 0 Å². The largest absolute Gasteiger partial charge is 0.327 e. The van der Waals surface area contributed by atoms with Crippen LogP contribution in [0.2, 0.25) is 0 Å². The Morgan fingerprint density at radius 3 is 2.21 bits per heavy atom. The van der Waals surface area contributed by atoms with E-state index in [1.54, 1.807) is 0 Å². The Morgan fingerprint density at radius 2 is 1.71 bits per heavy atom. The Bertz CT molecular complexity index is 145. The molecule has 0 saturated heterocycles. The minimum absolute atomic E-state index is 0.472. The molecule has 1 aliphatic rings. The van der Waals surface area contributed by atoms with Crippen molar-refractivity contribution in [1.29, 1.82) is 0 Å². The van der Waals surface area contributed by atoms with Crippen molar-refractivity contribution in [3.8, 4) is 0 Å². The summed E-state index contributed by atoms with van der Waals surface area (Å²) in [5.41, 5.74) is 6.26. The Labute approximate surface area is 89.5 Å². The summed E-state index contributed by atoms with van der Waals surface area (Å²) < 4.78 is 0. The van der Waals surface area contributed by atoms with Crippen LogP contribution in [0.5, 0.6) is 0 Å². The smallest absolute Gasteiger partial charge is 0.00673 e. The van der Waals surface area contributed by atoms with Crippen molar-refractivity contribution in [3.63, 3.8) is 0 Å². The van der Waals surface area contributed by atoms with Gasteiger partial charge in [0.2, 0.25) is 0 Å². The molecule has 1 heteroatoms. The fraction of sp³-hybridized carbons (Fsp3) is 1.00. The molecule has 0 aromatic heterocycles. The van der Waals surface area contributed by atoms with Crippen molar-refractivity contribution in [2.45, 2.75) is 65.3 Å². The third-order valence-corrected chi connectivity index (χ3v) is 3.71. The maximum absolute atomic E-state index is 6.26. The minimum atomic E-state index is 0.472. The van der Waals surface area contributed by atoms with Gasteiger partial charge in [0.05, 0.1) is 0 Å². The highest BCUT2D eigenvalue weighted by atomic mass is 14.7. The molecule has 14 heavy (non-hydrogen) atoms. The summed E-state index contributed by atoms with van der Waals surface area (Å²) in [7, 11) is 0. The molecule has 0 bridgehead atoms. The molecule has 0 spiro atoms. The normalized spacial score (nSPS) is 35.6. The van der Waals surface area contributed by atoms with Crippen LogP contribution in [0.4, 0.5) is 0 Å². The van der Waals surface area contributed by atoms with Crippen LogP contribution in [0.15, 0.2) is 0 Å². The Balaban J connectivity index is 2.34. The highest BCUT2D eigenvalue weighted by molar-refractivity contribution is 4.81. The molecule has 3 atom stereocenters. The second kappa shape index (κ2) is 5.75. The third-order valence-electron chi connectivity index (χ3n) is 3.71. The van der Waals surface area contributed by atoms with Gasteiger partial charge in [-0.3, -0.25) is 0 Å². The summed E-state index contributed by atoms with van der Waals surface area (Å²) in [5.74, 6) is 2.60. The molecule has 3 unspecified atom stereocenters. The third kappa shape index (κ3) is 3.61. The van der Waals surface area contributed by atoms with Gasteiger partial charge in [-0.05, 0) is 43.4 Å². The zero-order valence-electron chi connectivity index (χ0n) is 10.1. The van der Waals surface area contributed by atoms with Crippen LogP contribution in [-0.2, 0) is 0 Å². The molecule has 0 amide bonds. The predicted molar refractivity (Wildman–Crippen MR) is 63.2 cm³/mol. The first kappa shape index (κ1) is 12.0. The number of hydrogen-bond acceptors (Lipinski definition) is 1. The zero-order valence-corrected chi connectivity index (χ0v) is 10.1. The molecular formula is C13H27N. The molecule has 0 radical (unpaired) electrons. The molecule has 84 valence electrons. The van der Waals surface area contributed by atoms with E-state index >= 15 is 0 Å². The molecule has 0 aliphatic heterocycles. The molecular weight excluding hydrogens is 170 g/mol. The Kier molecular flexibility index (Phi) is 4.94. The fourth-order valence-corrected chi connectivity index (χ4v) is 3.03. The van der Waals surface area contributed by atoms with E-state index in [0.29, 0.717) is 6.04 Å². The summed E-state index contributed by atoms with van der Waals surface area (Å²) in [6, 6.07) is 0.472. The van der Waals surface area contributed by atoms with Crippen LogP contribution in [0, 0.1) is 17.8 Å². The van der Waals surface area contributed by atoms with Crippen molar-refractivity contribution >= 4 is 0 Å². The summed E-state index contributed by atoms with van der Waals surface area (Å²) in [6.45, 7) is 7.02. The molecule has 2 N–H and O–H groups in total. The summed E-state index contributed by atoms with van der Waals surface area (Å²) in [5, 5.41) is 0. The van der Waals surface area contributed by atoms with Crippen molar-refractivity contribution < 1.29 is 0 Å². The number of rotatable bonds is 4. The second-order valence-corrected chi connectivity index (χ2v) is 5.48. The number of unbranched alkanes of at least 4 members (excludes halogenated alkanes) is 1. The van der Waals surface area contributed by atoms with Gasteiger partial charge in [-0.25, -0.2) is 0 Å². The Hall–Kier alpha value is -0.0400. The van der Waals surface area contributed by atoms with E-state index in [4.69, 9.17) is 5.73 Å². The lowest BCUT2D eigenvalue weighted by Gasteiger charge is -2.35. The molecule has 0 aromatic rings. The highest BCUT2D eigenvalue weighted by Crippen LogP contribution is 2.35. The van der Waals surface area contributed by atoms with Crippen LogP contribution in [0.25, 0.3) is 0 Å². The highest BCUT2D eigenvalue weighted by Gasteiger charge is 2.27. The standard InChI is InChI=1S/C13H27N/c1-4-5-6-13(14)12-8-10(2)7-11(3)9-12/h10-13H,4-9,14H2,1-3H3. The van der Waals surface area contributed by atoms with Crippen LogP contribution in [0.1, 0.15) is 59.3 Å². The number of nitrogens with two attached hydrogens (primary N) is 1. The maximum atomic E-state index is 6.26. The van der Waals surface area contributed by atoms with E-state index in [1.165, 1.54) is 38.5 Å². The predicted octanol–water partition coefficient (Wildman–Crippen LogP) is 3.58. The number of hydrogen-bond donors (Lipinski definition) is 1. The van der Waals surface area contributed by atoms with E-state index in [2.05, 4.69) is 20.8 Å². The first-order valence-corrected chi connectivity index (χ1v) is 6.39. The lowest BCUT2D eigenvalue weighted by atomic mass is 9.73. The Morgan fingerprint density at radius 1 is 1.14 bits per heavy atom. The summed E-state index contributed by atoms with van der Waals surface area (Å²) in [4.78, 5) is 0. The lowest BCUT2D eigenvalue weighted by Crippen LogP contribution is -2.35. The fourth-order valence-electron chi connectivity index (χ4n) is 3.03. The quantitative estimate of drug-likeness (QED) is 0.732. The second-order valence-electron chi connectivity index (χ2n) is 5.48. The molecule has 1 nitrogen and oxygen atoms in total. The first-order valence-electron chi connectivity index (χ1n) is 6.39. The van der Waals surface area contributed by atoms with E-state index in [1.807, 2.05) is 0 Å². The molecule has 0 aromatic carbocycles. The van der Waals surface area contributed by atoms with E-state index in [9.17, 15) is 0 Å². The average Bonchev–Trinajstić information content (AvgIpc) is 2.12. The molecule has 1 rings (SSSR count). The van der Waals surface area contributed by atoms with E-state index < -0.39 is 0 Å². The van der Waals surface area contributed by atoms with E-state index in [-0.39, 0.29) is 0 Å². The molecule has 1 fully saturated rings. The van der Waals surface area contributed by atoms with Gasteiger partial charge in [-0.1, -0.05) is 33.6 Å². The first-order chi connectivity index (χ1) is 6.63. The summed E-state index contributed by atoms with van der Waals surface area (Å²) >= 11 is 0. The minimum Gasteiger partial charge on any atom is -0.327 e. The topological polar surface area (TPSA) is 26.0 Å². The van der Waals surface area contributed by atoms with Gasteiger partial charge in [-0.15, -0.1) is 0 Å². The van der Waals surface area contributed by atoms with E-state index in [0.717, 1.165) is 17.8 Å². The molecule has 0 heterocycles. The van der Waals surface area contributed by atoms with Gasteiger partial charge in [0.15, 0.2) is 0 Å².